The Bertz CT molecular complexity index is 545. The molecule has 2 aromatic rings. The SMILES string of the molecule is CCOC1CC(Cc2nc3nc(N)ccc3[nH]2)C1. The first-order chi connectivity index (χ1) is 8.74. The van der Waals surface area contributed by atoms with Crippen LogP contribution in [0.3, 0.4) is 0 Å². The quantitative estimate of drug-likeness (QED) is 0.863. The smallest absolute Gasteiger partial charge is 0.179 e. The third-order valence-corrected chi connectivity index (χ3v) is 3.49. The number of rotatable bonds is 4. The van der Waals surface area contributed by atoms with Crippen molar-refractivity contribution in [2.75, 3.05) is 12.3 Å². The minimum absolute atomic E-state index is 0.457. The summed E-state index contributed by atoms with van der Waals surface area (Å²) in [6.07, 6.45) is 3.71. The van der Waals surface area contributed by atoms with Crippen LogP contribution in [0.5, 0.6) is 0 Å². The van der Waals surface area contributed by atoms with E-state index in [0.29, 0.717) is 23.5 Å². The topological polar surface area (TPSA) is 76.8 Å². The highest BCUT2D eigenvalue weighted by Crippen LogP contribution is 2.32. The molecule has 3 rings (SSSR count). The number of imidazole rings is 1. The van der Waals surface area contributed by atoms with E-state index in [2.05, 4.69) is 15.0 Å². The summed E-state index contributed by atoms with van der Waals surface area (Å²) in [6, 6.07) is 3.72. The fourth-order valence-electron chi connectivity index (χ4n) is 2.54. The molecule has 5 nitrogen and oxygen atoms in total. The molecule has 0 saturated heterocycles. The van der Waals surface area contributed by atoms with Gasteiger partial charge in [-0.15, -0.1) is 0 Å². The monoisotopic (exact) mass is 246 g/mol. The van der Waals surface area contributed by atoms with Gasteiger partial charge < -0.3 is 15.5 Å². The molecule has 5 heteroatoms. The molecule has 0 atom stereocenters. The van der Waals surface area contributed by atoms with Crippen LogP contribution in [0.25, 0.3) is 11.2 Å². The summed E-state index contributed by atoms with van der Waals surface area (Å²) in [4.78, 5) is 12.0. The van der Waals surface area contributed by atoms with E-state index >= 15 is 0 Å². The first-order valence-corrected chi connectivity index (χ1v) is 6.47. The van der Waals surface area contributed by atoms with Crippen LogP contribution in [-0.2, 0) is 11.2 Å². The number of fused-ring (bicyclic) bond motifs is 1. The van der Waals surface area contributed by atoms with E-state index in [0.717, 1.165) is 37.2 Å². The molecular formula is C13H18N4O. The van der Waals surface area contributed by atoms with Crippen LogP contribution in [0.2, 0.25) is 0 Å². The van der Waals surface area contributed by atoms with E-state index in [-0.39, 0.29) is 0 Å². The second-order valence-electron chi connectivity index (χ2n) is 4.91. The number of nitrogens with one attached hydrogen (secondary N) is 1. The average molecular weight is 246 g/mol. The van der Waals surface area contributed by atoms with Gasteiger partial charge in [0.1, 0.15) is 11.6 Å². The number of ether oxygens (including phenoxy) is 1. The molecule has 0 aromatic carbocycles. The Balaban J connectivity index is 1.65. The molecule has 1 aliphatic carbocycles. The van der Waals surface area contributed by atoms with Gasteiger partial charge in [-0.3, -0.25) is 0 Å². The van der Waals surface area contributed by atoms with Gasteiger partial charge in [-0.25, -0.2) is 9.97 Å². The first kappa shape index (κ1) is 11.5. The third-order valence-electron chi connectivity index (χ3n) is 3.49. The molecule has 0 bridgehead atoms. The predicted molar refractivity (Wildman–Crippen MR) is 70.1 cm³/mol. The van der Waals surface area contributed by atoms with Crippen molar-refractivity contribution >= 4 is 17.0 Å². The molecule has 3 N–H and O–H groups in total. The summed E-state index contributed by atoms with van der Waals surface area (Å²) in [5.74, 6) is 2.20. The van der Waals surface area contributed by atoms with Gasteiger partial charge in [-0.05, 0) is 37.8 Å². The highest BCUT2D eigenvalue weighted by atomic mass is 16.5. The molecule has 2 aromatic heterocycles. The largest absolute Gasteiger partial charge is 0.384 e. The minimum Gasteiger partial charge on any atom is -0.384 e. The fraction of sp³-hybridized carbons (Fsp3) is 0.538. The van der Waals surface area contributed by atoms with Gasteiger partial charge in [0.05, 0.1) is 11.6 Å². The molecule has 18 heavy (non-hydrogen) atoms. The number of H-pyrrole nitrogens is 1. The number of hydrogen-bond donors (Lipinski definition) is 2. The van der Waals surface area contributed by atoms with Crippen LogP contribution in [0.1, 0.15) is 25.6 Å². The number of aromatic nitrogens is 3. The number of nitrogens with two attached hydrogens (primary N) is 1. The molecular weight excluding hydrogens is 228 g/mol. The van der Waals surface area contributed by atoms with Gasteiger partial charge in [0.25, 0.3) is 0 Å². The minimum atomic E-state index is 0.457. The Hall–Kier alpha value is -1.62. The van der Waals surface area contributed by atoms with Gasteiger partial charge >= 0.3 is 0 Å². The van der Waals surface area contributed by atoms with Crippen molar-refractivity contribution in [2.24, 2.45) is 5.92 Å². The lowest BCUT2D eigenvalue weighted by Crippen LogP contribution is -2.32. The lowest BCUT2D eigenvalue weighted by atomic mass is 9.80. The van der Waals surface area contributed by atoms with Crippen molar-refractivity contribution in [3.05, 3.63) is 18.0 Å². The zero-order valence-corrected chi connectivity index (χ0v) is 10.5. The number of hydrogen-bond acceptors (Lipinski definition) is 4. The van der Waals surface area contributed by atoms with Gasteiger partial charge in [0.15, 0.2) is 5.65 Å². The van der Waals surface area contributed by atoms with Gasteiger partial charge in [-0.1, -0.05) is 0 Å². The highest BCUT2D eigenvalue weighted by Gasteiger charge is 2.30. The van der Waals surface area contributed by atoms with Gasteiger partial charge in [0, 0.05) is 13.0 Å². The number of aromatic amines is 1. The van der Waals surface area contributed by atoms with E-state index in [9.17, 15) is 0 Å². The number of anilines is 1. The van der Waals surface area contributed by atoms with Crippen molar-refractivity contribution in [2.45, 2.75) is 32.3 Å². The maximum atomic E-state index is 5.64. The molecule has 0 aliphatic heterocycles. The first-order valence-electron chi connectivity index (χ1n) is 6.47. The molecule has 1 aliphatic rings. The molecule has 2 heterocycles. The Morgan fingerprint density at radius 3 is 3.00 bits per heavy atom. The Kier molecular flexibility index (Phi) is 2.91. The summed E-state index contributed by atoms with van der Waals surface area (Å²) >= 11 is 0. The van der Waals surface area contributed by atoms with E-state index in [1.165, 1.54) is 0 Å². The molecule has 0 spiro atoms. The lowest BCUT2D eigenvalue weighted by molar-refractivity contribution is -0.0244. The van der Waals surface area contributed by atoms with Crippen LogP contribution in [0.4, 0.5) is 5.82 Å². The molecule has 0 radical (unpaired) electrons. The van der Waals surface area contributed by atoms with Crippen molar-refractivity contribution < 1.29 is 4.74 Å². The third kappa shape index (κ3) is 2.18. The Morgan fingerprint density at radius 2 is 2.22 bits per heavy atom. The standard InChI is InChI=1S/C13H18N4O/c1-2-18-9-5-8(6-9)7-12-15-10-3-4-11(14)16-13(10)17-12/h3-4,8-9H,2,5-7H2,1H3,(H3,14,15,16,17). The summed E-state index contributed by atoms with van der Waals surface area (Å²) in [7, 11) is 0. The summed E-state index contributed by atoms with van der Waals surface area (Å²) in [5, 5.41) is 0. The van der Waals surface area contributed by atoms with Crippen LogP contribution < -0.4 is 5.73 Å². The van der Waals surface area contributed by atoms with Crippen LogP contribution >= 0.6 is 0 Å². The number of pyridine rings is 1. The van der Waals surface area contributed by atoms with Crippen molar-refractivity contribution in [3.8, 4) is 0 Å². The Labute approximate surface area is 106 Å². The van der Waals surface area contributed by atoms with Crippen molar-refractivity contribution in [3.63, 3.8) is 0 Å². The summed E-state index contributed by atoms with van der Waals surface area (Å²) in [6.45, 7) is 2.86. The fourth-order valence-corrected chi connectivity index (χ4v) is 2.54. The maximum Gasteiger partial charge on any atom is 0.179 e. The van der Waals surface area contributed by atoms with E-state index in [4.69, 9.17) is 10.5 Å². The zero-order chi connectivity index (χ0) is 12.5. The zero-order valence-electron chi connectivity index (χ0n) is 10.5. The van der Waals surface area contributed by atoms with Crippen LogP contribution in [0.15, 0.2) is 12.1 Å². The van der Waals surface area contributed by atoms with Crippen molar-refractivity contribution in [1.29, 1.82) is 0 Å². The predicted octanol–water partition coefficient (Wildman–Crippen LogP) is 1.90. The van der Waals surface area contributed by atoms with Crippen LogP contribution in [0, 0.1) is 5.92 Å². The van der Waals surface area contributed by atoms with E-state index in [1.807, 2.05) is 13.0 Å². The molecule has 96 valence electrons. The molecule has 0 unspecified atom stereocenters. The van der Waals surface area contributed by atoms with E-state index in [1.54, 1.807) is 6.07 Å². The van der Waals surface area contributed by atoms with Gasteiger partial charge in [0.2, 0.25) is 0 Å². The molecule has 1 saturated carbocycles. The normalized spacial score (nSPS) is 23.2. The van der Waals surface area contributed by atoms with E-state index < -0.39 is 0 Å². The molecule has 0 amide bonds. The Morgan fingerprint density at radius 1 is 1.39 bits per heavy atom. The number of nitrogen functional groups attached to an aromatic ring is 1. The van der Waals surface area contributed by atoms with Gasteiger partial charge in [-0.2, -0.15) is 0 Å². The average Bonchev–Trinajstić information content (AvgIpc) is 2.68. The lowest BCUT2D eigenvalue weighted by Gasteiger charge is -2.34. The second kappa shape index (κ2) is 4.57. The highest BCUT2D eigenvalue weighted by molar-refractivity contribution is 5.72. The molecule has 1 fully saturated rings. The summed E-state index contributed by atoms with van der Waals surface area (Å²) in [5.41, 5.74) is 7.31. The maximum absolute atomic E-state index is 5.64. The second-order valence-corrected chi connectivity index (χ2v) is 4.91. The van der Waals surface area contributed by atoms with Crippen LogP contribution in [-0.4, -0.2) is 27.7 Å². The summed E-state index contributed by atoms with van der Waals surface area (Å²) < 4.78 is 5.56. The van der Waals surface area contributed by atoms with Crippen molar-refractivity contribution in [1.82, 2.24) is 15.0 Å². The number of nitrogens with zero attached hydrogens (tertiary/aromatic N) is 2.